The van der Waals surface area contributed by atoms with Gasteiger partial charge in [0.2, 0.25) is 5.91 Å². The number of rotatable bonds is 80. The molecule has 3 rings (SSSR count). The smallest absolute Gasteiger partial charge is 0.220 e. The second kappa shape index (κ2) is 78.2. The van der Waals surface area contributed by atoms with E-state index in [0.717, 1.165) is 89.9 Å². The standard InChI is InChI=1S/C100H179NO18/c1-3-5-7-9-11-13-15-17-19-21-23-25-27-29-31-33-35-37-38-39-40-41-42-43-44-46-48-50-52-54-56-58-60-62-64-66-68-70-72-74-76-78-88(106)101-83(84(105)77-75-73-71-69-67-65-63-61-59-57-55-53-51-49-47-45-36-34-32-30-28-26-24-22-20-18-16-14-12-10-8-6-4-2)82-114-98-94(112)91(109)96(86(80-103)116-98)119-100-95(113)92(110)97(87(81-104)117-100)118-99-93(111)90(108)89(107)85(79-102)115-99/h5,7,11,13,17,19,23,25,29,31,35,37,39-40,75,77,83-87,89-100,102-105,107-113H,3-4,6,8-10,12,14-16,18,20-22,24,26-28,30,32-34,36,38,41-74,76,78-82H2,1-2H3,(H,101,106)/b7-5-,13-11-,19-17-,25-23-,31-29-,37-35-,40-39-,77-75+. The van der Waals surface area contributed by atoms with Crippen molar-refractivity contribution in [3.05, 3.63) is 97.2 Å². The lowest BCUT2D eigenvalue weighted by Crippen LogP contribution is -2.66. The first-order valence-electron chi connectivity index (χ1n) is 49.0. The van der Waals surface area contributed by atoms with Crippen molar-refractivity contribution >= 4 is 5.91 Å². The van der Waals surface area contributed by atoms with Gasteiger partial charge in [-0.05, 0) is 77.0 Å². The summed E-state index contributed by atoms with van der Waals surface area (Å²) >= 11 is 0. The molecular formula is C100H179NO18. The number of carbonyl (C=O) groups is 1. The lowest BCUT2D eigenvalue weighted by Gasteiger charge is -2.48. The molecule has 0 saturated carbocycles. The molecule has 19 nitrogen and oxygen atoms in total. The molecule has 3 fully saturated rings. The Hall–Kier alpha value is -3.29. The second-order valence-electron chi connectivity index (χ2n) is 34.5. The summed E-state index contributed by atoms with van der Waals surface area (Å²) in [5.74, 6) is -0.270. The molecule has 0 aromatic heterocycles. The largest absolute Gasteiger partial charge is 0.394 e. The Bertz CT molecular complexity index is 2520. The zero-order valence-electron chi connectivity index (χ0n) is 75.1. The molecule has 0 aromatic rings. The third kappa shape index (κ3) is 55.7. The van der Waals surface area contributed by atoms with Gasteiger partial charge >= 0.3 is 0 Å². The Kier molecular flexibility index (Phi) is 72.2. The highest BCUT2D eigenvalue weighted by Gasteiger charge is 2.54. The number of aliphatic hydroxyl groups is 11. The third-order valence-electron chi connectivity index (χ3n) is 23.9. The lowest BCUT2D eigenvalue weighted by atomic mass is 9.96. The van der Waals surface area contributed by atoms with E-state index in [-0.39, 0.29) is 18.9 Å². The molecule has 0 aliphatic carbocycles. The molecule has 17 atom stereocenters. The van der Waals surface area contributed by atoms with Crippen LogP contribution < -0.4 is 5.32 Å². The summed E-state index contributed by atoms with van der Waals surface area (Å²) < 4.78 is 34.6. The quantitative estimate of drug-likeness (QED) is 0.0199. The second-order valence-corrected chi connectivity index (χ2v) is 34.5. The SMILES string of the molecule is CC/C=C\C/C=C\C/C=C\C/C=C\C/C=C\C/C=C\C/C=C\CCCCCCCCCCCCCCCCCCCCCC(=O)NC(COC1OC(CO)C(OC2OC(CO)C(OC3OC(CO)C(O)C(O)C3O)C(O)C2O)C(O)C1O)C(O)/C=C/CCCCCCCCCCCCCCCCCCCCCCCCCCCCCCCCC. The van der Waals surface area contributed by atoms with Gasteiger partial charge in [0.15, 0.2) is 18.9 Å². The Morgan fingerprint density at radius 3 is 0.908 bits per heavy atom. The minimum atomic E-state index is -1.98. The number of hydrogen-bond acceptors (Lipinski definition) is 18. The fourth-order valence-electron chi connectivity index (χ4n) is 16.2. The summed E-state index contributed by atoms with van der Waals surface area (Å²) in [5, 5.41) is 121. The van der Waals surface area contributed by atoms with Gasteiger partial charge in [0, 0.05) is 6.42 Å². The molecule has 0 bridgehead atoms. The van der Waals surface area contributed by atoms with E-state index in [4.69, 9.17) is 28.4 Å². The van der Waals surface area contributed by atoms with Crippen molar-refractivity contribution in [1.82, 2.24) is 5.32 Å². The van der Waals surface area contributed by atoms with Crippen molar-refractivity contribution in [2.24, 2.45) is 0 Å². The predicted octanol–water partition coefficient (Wildman–Crippen LogP) is 20.2. The fraction of sp³-hybridized carbons (Fsp3) is 0.830. The number of amides is 1. The molecule has 3 aliphatic rings. The van der Waals surface area contributed by atoms with Crippen molar-refractivity contribution in [3.63, 3.8) is 0 Å². The zero-order chi connectivity index (χ0) is 85.9. The molecular weight excluding hydrogens is 1500 g/mol. The number of hydrogen-bond donors (Lipinski definition) is 12. The predicted molar refractivity (Wildman–Crippen MR) is 484 cm³/mol. The molecule has 692 valence electrons. The number of allylic oxidation sites excluding steroid dienone is 15. The van der Waals surface area contributed by atoms with Gasteiger partial charge in [-0.25, -0.2) is 0 Å². The molecule has 0 aromatic carbocycles. The topological polar surface area (TPSA) is 307 Å². The molecule has 0 spiro atoms. The van der Waals surface area contributed by atoms with Gasteiger partial charge in [-0.3, -0.25) is 4.79 Å². The third-order valence-corrected chi connectivity index (χ3v) is 23.9. The van der Waals surface area contributed by atoms with Crippen molar-refractivity contribution in [2.45, 2.75) is 503 Å². The van der Waals surface area contributed by atoms with Gasteiger partial charge in [0.1, 0.15) is 73.2 Å². The number of ether oxygens (including phenoxy) is 6. The highest BCUT2D eigenvalue weighted by Crippen LogP contribution is 2.34. The Labute approximate surface area is 723 Å². The van der Waals surface area contributed by atoms with E-state index in [2.05, 4.69) is 104 Å². The average Bonchev–Trinajstić information content (AvgIpc) is 0.778. The van der Waals surface area contributed by atoms with E-state index in [1.54, 1.807) is 6.08 Å². The Morgan fingerprint density at radius 1 is 0.311 bits per heavy atom. The van der Waals surface area contributed by atoms with Crippen LogP contribution in [0.15, 0.2) is 97.2 Å². The van der Waals surface area contributed by atoms with Crippen LogP contribution in [-0.2, 0) is 33.2 Å². The van der Waals surface area contributed by atoms with Crippen LogP contribution in [0.5, 0.6) is 0 Å². The monoisotopic (exact) mass is 1680 g/mol. The number of aliphatic hydroxyl groups excluding tert-OH is 11. The van der Waals surface area contributed by atoms with Gasteiger partial charge < -0.3 is 89.9 Å². The first-order chi connectivity index (χ1) is 58.3. The number of unbranched alkanes of at least 4 members (excludes halogenated alkanes) is 50. The summed E-state index contributed by atoms with van der Waals surface area (Å²) in [5.41, 5.74) is 0. The van der Waals surface area contributed by atoms with Crippen LogP contribution in [0.2, 0.25) is 0 Å². The van der Waals surface area contributed by atoms with Crippen molar-refractivity contribution in [3.8, 4) is 0 Å². The maximum absolute atomic E-state index is 13.6. The van der Waals surface area contributed by atoms with Gasteiger partial charge in [0.25, 0.3) is 0 Å². The number of carbonyl (C=O) groups excluding carboxylic acids is 1. The highest BCUT2D eigenvalue weighted by molar-refractivity contribution is 5.76. The lowest BCUT2D eigenvalue weighted by molar-refractivity contribution is -0.379. The van der Waals surface area contributed by atoms with Gasteiger partial charge in [-0.15, -0.1) is 0 Å². The van der Waals surface area contributed by atoms with Crippen LogP contribution >= 0.6 is 0 Å². The molecule has 19 heteroatoms. The van der Waals surface area contributed by atoms with Gasteiger partial charge in [-0.1, -0.05) is 413 Å². The van der Waals surface area contributed by atoms with E-state index >= 15 is 0 Å². The summed E-state index contributed by atoms with van der Waals surface area (Å²) in [6.45, 7) is 1.68. The summed E-state index contributed by atoms with van der Waals surface area (Å²) in [4.78, 5) is 13.6. The molecule has 0 radical (unpaired) electrons. The molecule has 3 aliphatic heterocycles. The summed E-state index contributed by atoms with van der Waals surface area (Å²) in [6, 6.07) is -0.979. The van der Waals surface area contributed by atoms with Crippen molar-refractivity contribution in [2.75, 3.05) is 26.4 Å². The van der Waals surface area contributed by atoms with Crippen LogP contribution in [0.4, 0.5) is 0 Å². The maximum atomic E-state index is 13.6. The molecule has 119 heavy (non-hydrogen) atoms. The number of nitrogens with one attached hydrogen (secondary N) is 1. The summed E-state index contributed by atoms with van der Waals surface area (Å²) in [6.07, 6.45) is 82.9. The maximum Gasteiger partial charge on any atom is 0.220 e. The molecule has 3 saturated heterocycles. The molecule has 17 unspecified atom stereocenters. The van der Waals surface area contributed by atoms with E-state index < -0.39 is 124 Å². The van der Waals surface area contributed by atoms with Gasteiger partial charge in [0.05, 0.1) is 38.6 Å². The Morgan fingerprint density at radius 2 is 0.580 bits per heavy atom. The van der Waals surface area contributed by atoms with Crippen molar-refractivity contribution in [1.29, 1.82) is 0 Å². The first kappa shape index (κ1) is 110. The molecule has 1 amide bonds. The first-order valence-corrected chi connectivity index (χ1v) is 49.0. The van der Waals surface area contributed by atoms with Crippen LogP contribution in [0.3, 0.4) is 0 Å². The van der Waals surface area contributed by atoms with E-state index in [1.807, 2.05) is 6.08 Å². The highest BCUT2D eigenvalue weighted by atomic mass is 16.8. The normalized spacial score (nSPS) is 24.6. The van der Waals surface area contributed by atoms with E-state index in [9.17, 15) is 61.0 Å². The van der Waals surface area contributed by atoms with Crippen molar-refractivity contribution < 1.29 is 89.4 Å². The molecule has 3 heterocycles. The summed E-state index contributed by atoms with van der Waals surface area (Å²) in [7, 11) is 0. The molecule has 12 N–H and O–H groups in total. The van der Waals surface area contributed by atoms with E-state index in [1.165, 1.54) is 283 Å². The van der Waals surface area contributed by atoms with Crippen LogP contribution in [0.1, 0.15) is 399 Å². The Balaban J connectivity index is 1.29. The zero-order valence-corrected chi connectivity index (χ0v) is 75.1. The van der Waals surface area contributed by atoms with Crippen LogP contribution in [-0.4, -0.2) is 193 Å². The minimum absolute atomic E-state index is 0.243. The van der Waals surface area contributed by atoms with Gasteiger partial charge in [-0.2, -0.15) is 0 Å². The fourth-order valence-corrected chi connectivity index (χ4v) is 16.2. The van der Waals surface area contributed by atoms with E-state index in [0.29, 0.717) is 6.42 Å². The average molecular weight is 1680 g/mol. The minimum Gasteiger partial charge on any atom is -0.394 e. The van der Waals surface area contributed by atoms with Crippen LogP contribution in [0, 0.1) is 0 Å². The van der Waals surface area contributed by atoms with Crippen LogP contribution in [0.25, 0.3) is 0 Å².